The van der Waals surface area contributed by atoms with Gasteiger partial charge in [-0.2, -0.15) is 0 Å². The molecule has 1 aromatic carbocycles. The molecule has 7 N–H and O–H groups in total. The summed E-state index contributed by atoms with van der Waals surface area (Å²) in [6.45, 7) is 2.27. The molecule has 0 radical (unpaired) electrons. The van der Waals surface area contributed by atoms with Gasteiger partial charge in [0.25, 0.3) is 0 Å². The first kappa shape index (κ1) is 27.3. The number of ether oxygens (including phenoxy) is 1. The number of hydrogen-bond acceptors (Lipinski definition) is 6. The van der Waals surface area contributed by atoms with Crippen molar-refractivity contribution in [2.75, 3.05) is 26.2 Å². The second-order valence-electron chi connectivity index (χ2n) is 7.07. The number of carbonyl (C=O) groups excluding carboxylic acids is 1. The average molecular weight is 564 g/mol. The average Bonchev–Trinajstić information content (AvgIpc) is 2.72. The highest BCUT2D eigenvalue weighted by atomic mass is 79.9. The van der Waals surface area contributed by atoms with Gasteiger partial charge in [0, 0.05) is 19.5 Å². The first-order valence-corrected chi connectivity index (χ1v) is 11.9. The number of amides is 1. The summed E-state index contributed by atoms with van der Waals surface area (Å²) in [5.41, 5.74) is 16.8. The first-order valence-electron chi connectivity index (χ1n) is 10.3. The SMILES string of the molecule is NCCCCCCNC(=O)C(Cc1cc(Br)c(OCCCCN=C(N)N)c(Br)c1)N=O. The van der Waals surface area contributed by atoms with Gasteiger partial charge in [0.05, 0.1) is 15.6 Å². The number of guanidine groups is 1. The Labute approximate surface area is 200 Å². The van der Waals surface area contributed by atoms with Crippen LogP contribution in [-0.2, 0) is 11.2 Å². The van der Waals surface area contributed by atoms with Gasteiger partial charge in [-0.3, -0.25) is 9.79 Å². The summed E-state index contributed by atoms with van der Waals surface area (Å²) < 4.78 is 7.28. The summed E-state index contributed by atoms with van der Waals surface area (Å²) in [5.74, 6) is 0.381. The van der Waals surface area contributed by atoms with Crippen LogP contribution in [0, 0.1) is 4.91 Å². The minimum atomic E-state index is -0.981. The van der Waals surface area contributed by atoms with Crippen molar-refractivity contribution < 1.29 is 9.53 Å². The summed E-state index contributed by atoms with van der Waals surface area (Å²) >= 11 is 6.99. The van der Waals surface area contributed by atoms with Crippen LogP contribution >= 0.6 is 31.9 Å². The van der Waals surface area contributed by atoms with E-state index in [0.717, 1.165) is 53.0 Å². The lowest BCUT2D eigenvalue weighted by Gasteiger charge is -2.14. The fourth-order valence-corrected chi connectivity index (χ4v) is 4.33. The van der Waals surface area contributed by atoms with Crippen molar-refractivity contribution in [3.8, 4) is 5.75 Å². The molecule has 0 spiro atoms. The molecule has 0 saturated carbocycles. The molecule has 1 rings (SSSR count). The number of carbonyl (C=O) groups is 1. The van der Waals surface area contributed by atoms with Crippen molar-refractivity contribution in [2.45, 2.75) is 51.0 Å². The van der Waals surface area contributed by atoms with Crippen molar-refractivity contribution in [3.05, 3.63) is 31.5 Å². The fraction of sp³-hybridized carbons (Fsp3) is 0.600. The fourth-order valence-electron chi connectivity index (χ4n) is 2.82. The van der Waals surface area contributed by atoms with Gasteiger partial charge in [0.15, 0.2) is 12.0 Å². The van der Waals surface area contributed by atoms with E-state index >= 15 is 0 Å². The highest BCUT2D eigenvalue weighted by Gasteiger charge is 2.21. The van der Waals surface area contributed by atoms with E-state index in [1.165, 1.54) is 0 Å². The van der Waals surface area contributed by atoms with E-state index in [2.05, 4.69) is 47.3 Å². The van der Waals surface area contributed by atoms with Crippen LogP contribution in [0.4, 0.5) is 0 Å². The molecule has 0 aliphatic heterocycles. The molecule has 0 saturated heterocycles. The third-order valence-electron chi connectivity index (χ3n) is 4.44. The van der Waals surface area contributed by atoms with Gasteiger partial charge in [-0.05, 0) is 81.8 Å². The second kappa shape index (κ2) is 16.0. The number of hydrogen-bond donors (Lipinski definition) is 4. The molecule has 0 aliphatic rings. The second-order valence-corrected chi connectivity index (χ2v) is 8.78. The summed E-state index contributed by atoms with van der Waals surface area (Å²) in [5, 5.41) is 5.80. The maximum atomic E-state index is 12.3. The van der Waals surface area contributed by atoms with Crippen molar-refractivity contribution >= 4 is 43.7 Å². The summed E-state index contributed by atoms with van der Waals surface area (Å²) in [7, 11) is 0. The van der Waals surface area contributed by atoms with E-state index in [1.54, 1.807) is 0 Å². The van der Waals surface area contributed by atoms with E-state index in [1.807, 2.05) is 12.1 Å². The van der Waals surface area contributed by atoms with Gasteiger partial charge < -0.3 is 27.3 Å². The van der Waals surface area contributed by atoms with Crippen LogP contribution in [-0.4, -0.2) is 44.1 Å². The van der Waals surface area contributed by atoms with Gasteiger partial charge in [0.2, 0.25) is 5.91 Å². The molecule has 1 aromatic rings. The quantitative estimate of drug-likeness (QED) is 0.105. The number of rotatable bonds is 16. The number of nitroso groups, excluding NO2 is 1. The molecule has 0 heterocycles. The van der Waals surface area contributed by atoms with Crippen LogP contribution in [0.1, 0.15) is 44.1 Å². The Balaban J connectivity index is 2.53. The smallest absolute Gasteiger partial charge is 0.248 e. The number of benzene rings is 1. The van der Waals surface area contributed by atoms with Crippen LogP contribution < -0.4 is 27.3 Å². The monoisotopic (exact) mass is 562 g/mol. The zero-order valence-corrected chi connectivity index (χ0v) is 20.8. The Hall–Kier alpha value is -1.72. The van der Waals surface area contributed by atoms with E-state index in [4.69, 9.17) is 21.9 Å². The molecule has 31 heavy (non-hydrogen) atoms. The van der Waals surface area contributed by atoms with Crippen LogP contribution in [0.15, 0.2) is 31.2 Å². The van der Waals surface area contributed by atoms with E-state index in [-0.39, 0.29) is 18.3 Å². The van der Waals surface area contributed by atoms with Gasteiger partial charge >= 0.3 is 0 Å². The highest BCUT2D eigenvalue weighted by molar-refractivity contribution is 9.11. The maximum absolute atomic E-state index is 12.3. The Kier molecular flexibility index (Phi) is 14.1. The van der Waals surface area contributed by atoms with Crippen molar-refractivity contribution in [2.24, 2.45) is 27.4 Å². The Bertz CT molecular complexity index is 706. The minimum absolute atomic E-state index is 0.0845. The predicted molar refractivity (Wildman–Crippen MR) is 131 cm³/mol. The van der Waals surface area contributed by atoms with Gasteiger partial charge in [-0.1, -0.05) is 18.0 Å². The van der Waals surface area contributed by atoms with Crippen LogP contribution in [0.3, 0.4) is 0 Å². The van der Waals surface area contributed by atoms with Crippen LogP contribution in [0.2, 0.25) is 0 Å². The molecule has 1 amide bonds. The van der Waals surface area contributed by atoms with E-state index in [9.17, 15) is 9.70 Å². The number of nitrogens with two attached hydrogens (primary N) is 3. The molecule has 1 atom stereocenters. The summed E-state index contributed by atoms with van der Waals surface area (Å²) in [6, 6.07) is 2.68. The third-order valence-corrected chi connectivity index (χ3v) is 5.62. The molecule has 0 aliphatic carbocycles. The Morgan fingerprint density at radius 2 is 1.74 bits per heavy atom. The number of nitrogens with one attached hydrogen (secondary N) is 1. The lowest BCUT2D eigenvalue weighted by molar-refractivity contribution is -0.122. The molecule has 0 aromatic heterocycles. The number of halogens is 2. The van der Waals surface area contributed by atoms with Gasteiger partial charge in [-0.15, -0.1) is 4.91 Å². The topological polar surface area (TPSA) is 158 Å². The van der Waals surface area contributed by atoms with E-state index in [0.29, 0.717) is 32.0 Å². The molecular formula is C20H32Br2N6O3. The normalized spacial score (nSPS) is 11.6. The standard InChI is InChI=1S/C20H32Br2N6O3/c21-15-11-14(12-16(22)18(15)31-10-6-5-9-27-20(24)25)13-17(28-30)19(29)26-8-4-2-1-3-7-23/h11-12,17H,1-10,13,23H2,(H,26,29)(H4,24,25,27). The van der Waals surface area contributed by atoms with Crippen molar-refractivity contribution in [3.63, 3.8) is 0 Å². The van der Waals surface area contributed by atoms with Crippen LogP contribution in [0.25, 0.3) is 0 Å². The molecule has 174 valence electrons. The van der Waals surface area contributed by atoms with Gasteiger partial charge in [-0.25, -0.2) is 0 Å². The van der Waals surface area contributed by atoms with Gasteiger partial charge in [0.1, 0.15) is 5.75 Å². The number of aliphatic imine (C=N–C) groups is 1. The minimum Gasteiger partial charge on any atom is -0.491 e. The lowest BCUT2D eigenvalue weighted by Crippen LogP contribution is -2.35. The number of unbranched alkanes of at least 4 members (excludes halogenated alkanes) is 4. The largest absolute Gasteiger partial charge is 0.491 e. The maximum Gasteiger partial charge on any atom is 0.248 e. The third kappa shape index (κ3) is 11.5. The predicted octanol–water partition coefficient (Wildman–Crippen LogP) is 2.96. The first-order chi connectivity index (χ1) is 14.9. The summed E-state index contributed by atoms with van der Waals surface area (Å²) in [6.07, 6.45) is 5.67. The number of nitrogens with zero attached hydrogens (tertiary/aromatic N) is 2. The molecule has 1 unspecified atom stereocenters. The Morgan fingerprint density at radius 1 is 1.06 bits per heavy atom. The van der Waals surface area contributed by atoms with Crippen molar-refractivity contribution in [1.29, 1.82) is 0 Å². The molecule has 0 fully saturated rings. The lowest BCUT2D eigenvalue weighted by atomic mass is 10.1. The summed E-state index contributed by atoms with van der Waals surface area (Å²) in [4.78, 5) is 27.4. The molecular weight excluding hydrogens is 532 g/mol. The van der Waals surface area contributed by atoms with Crippen LogP contribution in [0.5, 0.6) is 5.75 Å². The highest BCUT2D eigenvalue weighted by Crippen LogP contribution is 2.35. The zero-order valence-electron chi connectivity index (χ0n) is 17.6. The van der Waals surface area contributed by atoms with E-state index < -0.39 is 6.04 Å². The molecule has 11 heteroatoms. The molecule has 0 bridgehead atoms. The van der Waals surface area contributed by atoms with Crippen molar-refractivity contribution in [1.82, 2.24) is 5.32 Å². The Morgan fingerprint density at radius 3 is 2.35 bits per heavy atom. The molecule has 9 nitrogen and oxygen atoms in total. The zero-order chi connectivity index (χ0) is 23.1.